The molecule has 0 saturated heterocycles. The molecule has 1 nitrogen and oxygen atoms in total. The second kappa shape index (κ2) is 6.76. The second-order valence-electron chi connectivity index (χ2n) is 8.25. The zero-order valence-corrected chi connectivity index (χ0v) is 15.3. The average molecular weight is 334 g/mol. The van der Waals surface area contributed by atoms with Crippen molar-refractivity contribution < 1.29 is 0 Å². The van der Waals surface area contributed by atoms with Gasteiger partial charge in [0.1, 0.15) is 0 Å². The number of hydrogen-bond acceptors (Lipinski definition) is 1. The SMILES string of the molecule is CCc1ccccc1C1(CCCN)C2CC3CC(C2)CC1C3.Cl. The first-order chi connectivity index (χ1) is 10.8. The van der Waals surface area contributed by atoms with Crippen LogP contribution in [0.5, 0.6) is 0 Å². The molecule has 1 aromatic carbocycles. The van der Waals surface area contributed by atoms with Crippen LogP contribution < -0.4 is 5.73 Å². The first-order valence-electron chi connectivity index (χ1n) is 9.56. The fourth-order valence-electron chi connectivity index (χ4n) is 6.69. The van der Waals surface area contributed by atoms with Crippen LogP contribution in [0.1, 0.15) is 63.0 Å². The summed E-state index contributed by atoms with van der Waals surface area (Å²) in [6, 6.07) is 9.36. The van der Waals surface area contributed by atoms with Gasteiger partial charge in [0.15, 0.2) is 0 Å². The lowest BCUT2D eigenvalue weighted by molar-refractivity contribution is -0.0658. The molecule has 0 atom stereocenters. The Hall–Kier alpha value is -0.530. The summed E-state index contributed by atoms with van der Waals surface area (Å²) in [6.07, 6.45) is 11.2. The molecule has 0 amide bonds. The highest BCUT2D eigenvalue weighted by atomic mass is 35.5. The van der Waals surface area contributed by atoms with Crippen LogP contribution in [0.2, 0.25) is 0 Å². The van der Waals surface area contributed by atoms with Crippen molar-refractivity contribution in [1.82, 2.24) is 0 Å². The predicted octanol–water partition coefficient (Wildman–Crippen LogP) is 5.10. The van der Waals surface area contributed by atoms with Crippen molar-refractivity contribution in [2.75, 3.05) is 6.54 Å². The number of benzene rings is 1. The third-order valence-electron chi connectivity index (χ3n) is 7.29. The van der Waals surface area contributed by atoms with Gasteiger partial charge in [-0.15, -0.1) is 12.4 Å². The zero-order valence-electron chi connectivity index (χ0n) is 14.5. The Morgan fingerprint density at radius 1 is 1.00 bits per heavy atom. The van der Waals surface area contributed by atoms with Crippen molar-refractivity contribution in [3.63, 3.8) is 0 Å². The van der Waals surface area contributed by atoms with Crippen LogP contribution in [-0.4, -0.2) is 6.54 Å². The van der Waals surface area contributed by atoms with Gasteiger partial charge >= 0.3 is 0 Å². The van der Waals surface area contributed by atoms with Crippen molar-refractivity contribution >= 4 is 12.4 Å². The monoisotopic (exact) mass is 333 g/mol. The number of aryl methyl sites for hydroxylation is 1. The van der Waals surface area contributed by atoms with Crippen molar-refractivity contribution in [3.8, 4) is 0 Å². The van der Waals surface area contributed by atoms with Gasteiger partial charge in [0.05, 0.1) is 0 Å². The summed E-state index contributed by atoms with van der Waals surface area (Å²) < 4.78 is 0. The maximum atomic E-state index is 5.94. The minimum Gasteiger partial charge on any atom is -0.330 e. The second-order valence-corrected chi connectivity index (χ2v) is 8.25. The van der Waals surface area contributed by atoms with Crippen LogP contribution >= 0.6 is 12.4 Å². The fraction of sp³-hybridized carbons (Fsp3) is 0.714. The molecule has 2 heteroatoms. The molecular weight excluding hydrogens is 302 g/mol. The molecule has 0 spiro atoms. The van der Waals surface area contributed by atoms with Gasteiger partial charge in [-0.25, -0.2) is 0 Å². The van der Waals surface area contributed by atoms with Gasteiger partial charge in [-0.3, -0.25) is 0 Å². The minimum atomic E-state index is 0. The number of rotatable bonds is 5. The molecule has 0 radical (unpaired) electrons. The van der Waals surface area contributed by atoms with Gasteiger partial charge in [-0.2, -0.15) is 0 Å². The van der Waals surface area contributed by atoms with E-state index in [1.54, 1.807) is 11.1 Å². The molecule has 128 valence electrons. The normalized spacial score (nSPS) is 37.7. The first-order valence-corrected chi connectivity index (χ1v) is 9.56. The molecule has 4 aliphatic rings. The number of nitrogens with two attached hydrogens (primary N) is 1. The lowest BCUT2D eigenvalue weighted by Crippen LogP contribution is -2.56. The molecule has 0 aromatic heterocycles. The van der Waals surface area contributed by atoms with E-state index in [1.165, 1.54) is 51.4 Å². The number of hydrogen-bond donors (Lipinski definition) is 1. The Bertz CT molecular complexity index is 510. The molecular formula is C21H32ClN. The van der Waals surface area contributed by atoms with E-state index in [4.69, 9.17) is 5.73 Å². The van der Waals surface area contributed by atoms with E-state index in [9.17, 15) is 0 Å². The summed E-state index contributed by atoms with van der Waals surface area (Å²) >= 11 is 0. The van der Waals surface area contributed by atoms with Crippen LogP contribution in [-0.2, 0) is 11.8 Å². The van der Waals surface area contributed by atoms with Crippen LogP contribution in [0.3, 0.4) is 0 Å². The Morgan fingerprint density at radius 3 is 2.17 bits per heavy atom. The van der Waals surface area contributed by atoms with E-state index in [-0.39, 0.29) is 12.4 Å². The molecule has 1 aromatic rings. The molecule has 4 saturated carbocycles. The van der Waals surface area contributed by atoms with Gasteiger partial charge in [-0.1, -0.05) is 31.2 Å². The van der Waals surface area contributed by atoms with Crippen LogP contribution in [0.4, 0.5) is 0 Å². The van der Waals surface area contributed by atoms with Gasteiger partial charge in [0.25, 0.3) is 0 Å². The molecule has 4 fully saturated rings. The van der Waals surface area contributed by atoms with E-state index < -0.39 is 0 Å². The Morgan fingerprint density at radius 2 is 1.61 bits per heavy atom. The molecule has 0 heterocycles. The molecule has 4 bridgehead atoms. The van der Waals surface area contributed by atoms with E-state index in [2.05, 4.69) is 31.2 Å². The van der Waals surface area contributed by atoms with Crippen molar-refractivity contribution in [1.29, 1.82) is 0 Å². The molecule has 0 unspecified atom stereocenters. The van der Waals surface area contributed by atoms with Crippen LogP contribution in [0, 0.1) is 23.7 Å². The summed E-state index contributed by atoms with van der Waals surface area (Å²) in [5.41, 5.74) is 9.71. The summed E-state index contributed by atoms with van der Waals surface area (Å²) in [5, 5.41) is 0. The third kappa shape index (κ3) is 2.65. The highest BCUT2D eigenvalue weighted by molar-refractivity contribution is 5.85. The van der Waals surface area contributed by atoms with Gasteiger partial charge in [0.2, 0.25) is 0 Å². The maximum absolute atomic E-state index is 5.94. The lowest BCUT2D eigenvalue weighted by atomic mass is 9.42. The molecule has 5 rings (SSSR count). The van der Waals surface area contributed by atoms with Gasteiger partial charge in [0, 0.05) is 5.41 Å². The van der Waals surface area contributed by atoms with Crippen molar-refractivity contribution in [2.45, 2.75) is 63.7 Å². The largest absolute Gasteiger partial charge is 0.330 e. The van der Waals surface area contributed by atoms with Crippen LogP contribution in [0.25, 0.3) is 0 Å². The molecule has 4 aliphatic carbocycles. The topological polar surface area (TPSA) is 26.0 Å². The highest BCUT2D eigenvalue weighted by Crippen LogP contribution is 2.64. The van der Waals surface area contributed by atoms with E-state index >= 15 is 0 Å². The van der Waals surface area contributed by atoms with Crippen molar-refractivity contribution in [2.24, 2.45) is 29.4 Å². The smallest absolute Gasteiger partial charge is 0.00130 e. The summed E-state index contributed by atoms with van der Waals surface area (Å²) in [5.74, 6) is 3.95. The van der Waals surface area contributed by atoms with E-state index in [0.717, 1.165) is 30.2 Å². The first kappa shape index (κ1) is 17.3. The minimum absolute atomic E-state index is 0. The summed E-state index contributed by atoms with van der Waals surface area (Å²) in [4.78, 5) is 0. The van der Waals surface area contributed by atoms with E-state index in [0.29, 0.717) is 5.41 Å². The summed E-state index contributed by atoms with van der Waals surface area (Å²) in [6.45, 7) is 3.17. The molecule has 0 aliphatic heterocycles. The Labute approximate surface area is 147 Å². The maximum Gasteiger partial charge on any atom is 0.00130 e. The van der Waals surface area contributed by atoms with Gasteiger partial charge < -0.3 is 5.73 Å². The predicted molar refractivity (Wildman–Crippen MR) is 100 cm³/mol. The third-order valence-corrected chi connectivity index (χ3v) is 7.29. The van der Waals surface area contributed by atoms with Gasteiger partial charge in [-0.05, 0) is 92.7 Å². The molecule has 23 heavy (non-hydrogen) atoms. The van der Waals surface area contributed by atoms with E-state index in [1.807, 2.05) is 0 Å². The quantitative estimate of drug-likeness (QED) is 0.796. The van der Waals surface area contributed by atoms with Crippen LogP contribution in [0.15, 0.2) is 24.3 Å². The standard InChI is InChI=1S/C21H31N.ClH/c1-2-17-6-3-4-7-20(17)21(8-5-9-22)18-11-15-10-16(13-18)14-19(21)12-15;/h3-4,6-7,15-16,18-19H,2,5,8-14,22H2,1H3;1H. The zero-order chi connectivity index (χ0) is 15.2. The average Bonchev–Trinajstić information content (AvgIpc) is 2.54. The Balaban J connectivity index is 0.00000156. The Kier molecular flexibility index (Phi) is 5.09. The number of halogens is 1. The molecule has 2 N–H and O–H groups in total. The summed E-state index contributed by atoms with van der Waals surface area (Å²) in [7, 11) is 0. The highest BCUT2D eigenvalue weighted by Gasteiger charge is 2.57. The lowest BCUT2D eigenvalue weighted by Gasteiger charge is -2.62. The van der Waals surface area contributed by atoms with Crippen molar-refractivity contribution in [3.05, 3.63) is 35.4 Å². The fourth-order valence-corrected chi connectivity index (χ4v) is 6.69.